The molecule has 4 heterocycles. The molecule has 66 heavy (non-hydrogen) atoms. The quantitative estimate of drug-likeness (QED) is 0.149. The number of carbonyl (C=O) groups excluding carboxylic acids is 4. The van der Waals surface area contributed by atoms with Crippen molar-refractivity contribution in [3.63, 3.8) is 0 Å². The van der Waals surface area contributed by atoms with E-state index in [1.807, 2.05) is 36.4 Å². The van der Waals surface area contributed by atoms with Crippen LogP contribution in [0.3, 0.4) is 0 Å². The summed E-state index contributed by atoms with van der Waals surface area (Å²) in [6.45, 7) is 3.55. The molecule has 6 aliphatic carbocycles. The Morgan fingerprint density at radius 3 is 1.73 bits per heavy atom. The smallest absolute Gasteiger partial charge is 0.343 e. The van der Waals surface area contributed by atoms with Gasteiger partial charge in [-0.15, -0.1) is 0 Å². The van der Waals surface area contributed by atoms with Crippen molar-refractivity contribution in [2.45, 2.75) is 123 Å². The van der Waals surface area contributed by atoms with Crippen LogP contribution in [0.4, 0.5) is 0 Å². The number of piperidine rings is 2. The molecule has 4 aromatic carbocycles. The van der Waals surface area contributed by atoms with Crippen molar-refractivity contribution in [1.82, 2.24) is 9.80 Å². The number of benzene rings is 4. The van der Waals surface area contributed by atoms with E-state index in [2.05, 4.69) is 9.80 Å². The summed E-state index contributed by atoms with van der Waals surface area (Å²) in [6, 6.07) is 21.3. The molecule has 12 nitrogen and oxygen atoms in total. The van der Waals surface area contributed by atoms with Gasteiger partial charge in [-0.05, 0) is 148 Å². The van der Waals surface area contributed by atoms with Gasteiger partial charge >= 0.3 is 11.9 Å². The second-order valence-electron chi connectivity index (χ2n) is 21.4. The molecule has 4 aliphatic heterocycles. The summed E-state index contributed by atoms with van der Waals surface area (Å²) in [4.78, 5) is 59.2. The molecule has 2 spiro atoms. The minimum absolute atomic E-state index is 0.00667. The highest BCUT2D eigenvalue weighted by Crippen LogP contribution is 2.66. The zero-order valence-electron chi connectivity index (χ0n) is 36.8. The van der Waals surface area contributed by atoms with Crippen molar-refractivity contribution in [3.05, 3.63) is 106 Å². The molecule has 8 atom stereocenters. The Morgan fingerprint density at radius 2 is 1.15 bits per heavy atom. The van der Waals surface area contributed by atoms with Gasteiger partial charge in [-0.25, -0.2) is 9.59 Å². The van der Waals surface area contributed by atoms with E-state index in [1.165, 1.54) is 25.7 Å². The minimum atomic E-state index is -1.10. The Labute approximate surface area is 382 Å². The van der Waals surface area contributed by atoms with Gasteiger partial charge < -0.3 is 29.2 Å². The van der Waals surface area contributed by atoms with Crippen molar-refractivity contribution in [3.8, 4) is 34.1 Å². The van der Waals surface area contributed by atoms with Gasteiger partial charge in [0.15, 0.2) is 35.3 Å². The Bertz CT molecular complexity index is 2820. The average Bonchev–Trinajstić information content (AvgIpc) is 4.25. The van der Waals surface area contributed by atoms with E-state index in [4.69, 9.17) is 18.9 Å². The Kier molecular flexibility index (Phi) is 8.20. The van der Waals surface area contributed by atoms with Crippen LogP contribution in [0, 0.1) is 11.8 Å². The number of nitrogens with zero attached hydrogens (tertiary/aromatic N) is 2. The molecule has 10 aliphatic rings. The summed E-state index contributed by atoms with van der Waals surface area (Å²) in [5.74, 6) is 1.82. The fraction of sp³-hybridized carbons (Fsp3) is 0.481. The lowest BCUT2D eigenvalue weighted by atomic mass is 9.49. The summed E-state index contributed by atoms with van der Waals surface area (Å²) < 4.78 is 25.0. The number of ether oxygens (including phenoxy) is 4. The van der Waals surface area contributed by atoms with Gasteiger partial charge in [0.25, 0.3) is 0 Å². The van der Waals surface area contributed by atoms with Crippen LogP contribution in [-0.4, -0.2) is 105 Å². The first-order valence-electron chi connectivity index (χ1n) is 24.3. The van der Waals surface area contributed by atoms with Gasteiger partial charge in [0.1, 0.15) is 11.5 Å². The molecule has 2 saturated heterocycles. The number of Topliss-reactive ketones (excluding diaryl/α,β-unsaturated/α-hetero) is 2. The fourth-order valence-corrected chi connectivity index (χ4v) is 14.6. The zero-order valence-corrected chi connectivity index (χ0v) is 36.8. The van der Waals surface area contributed by atoms with E-state index in [0.717, 1.165) is 59.6 Å². The Balaban J connectivity index is 0.681. The van der Waals surface area contributed by atoms with Gasteiger partial charge in [-0.1, -0.05) is 30.3 Å². The van der Waals surface area contributed by atoms with E-state index < -0.39 is 46.2 Å². The van der Waals surface area contributed by atoms with Gasteiger partial charge in [0, 0.05) is 55.2 Å². The molecule has 14 rings (SSSR count). The molecule has 2 N–H and O–H groups in total. The molecular weight excluding hydrogens is 837 g/mol. The van der Waals surface area contributed by atoms with Crippen LogP contribution < -0.4 is 18.9 Å². The molecular formula is C54H52N2O10. The van der Waals surface area contributed by atoms with Crippen molar-refractivity contribution >= 4 is 23.5 Å². The van der Waals surface area contributed by atoms with Crippen molar-refractivity contribution in [1.29, 1.82) is 0 Å². The number of hydrogen-bond acceptors (Lipinski definition) is 12. The van der Waals surface area contributed by atoms with E-state index in [1.54, 1.807) is 36.4 Å². The van der Waals surface area contributed by atoms with E-state index in [9.17, 15) is 29.4 Å². The third-order valence-corrected chi connectivity index (χ3v) is 18.0. The molecule has 338 valence electrons. The van der Waals surface area contributed by atoms with Gasteiger partial charge in [0.2, 0.25) is 0 Å². The second kappa shape index (κ2) is 13.6. The molecule has 4 saturated carbocycles. The third kappa shape index (κ3) is 5.30. The maximum Gasteiger partial charge on any atom is 0.343 e. The summed E-state index contributed by atoms with van der Waals surface area (Å²) in [5.41, 5.74) is 2.37. The van der Waals surface area contributed by atoms with Crippen molar-refractivity contribution in [2.24, 2.45) is 11.8 Å². The van der Waals surface area contributed by atoms with Crippen LogP contribution >= 0.6 is 0 Å². The number of carbonyl (C=O) groups is 4. The monoisotopic (exact) mass is 888 g/mol. The van der Waals surface area contributed by atoms with Crippen LogP contribution in [-0.2, 0) is 33.3 Å². The highest BCUT2D eigenvalue weighted by Gasteiger charge is 2.74. The lowest BCUT2D eigenvalue weighted by molar-refractivity contribution is -0.188. The number of ketones is 2. The molecule has 4 bridgehead atoms. The minimum Gasteiger partial charge on any atom is -0.481 e. The topological polar surface area (TPSA) is 152 Å². The highest BCUT2D eigenvalue weighted by atomic mass is 16.6. The molecule has 0 aromatic heterocycles. The van der Waals surface area contributed by atoms with Crippen LogP contribution in [0.2, 0.25) is 0 Å². The maximum atomic E-state index is 13.7. The number of aliphatic hydroxyl groups is 2. The molecule has 4 aromatic rings. The van der Waals surface area contributed by atoms with Crippen molar-refractivity contribution in [2.75, 3.05) is 26.2 Å². The SMILES string of the molecule is O=C(Oc1cc2c3c(c1)O[C@H]1C(=O)CC[C@@]4(O)[C@@H](C2)N(CC2CC2)CC[C@]314)c1ccc(-c2ccc(C(=O)Oc3ccc4c5c3O[C@H]3C(=O)CC[C@@]6(O)[C@@H](C4)N(CC4CC4)CC[C@]536)cc2)cc1. The zero-order chi connectivity index (χ0) is 44.5. The lowest BCUT2D eigenvalue weighted by Gasteiger charge is -2.62. The largest absolute Gasteiger partial charge is 0.481 e. The maximum absolute atomic E-state index is 13.7. The molecule has 0 unspecified atom stereocenters. The van der Waals surface area contributed by atoms with E-state index >= 15 is 0 Å². The van der Waals surface area contributed by atoms with E-state index in [-0.39, 0.29) is 35.8 Å². The standard InChI is InChI=1S/C54H52N2O10/c57-38-15-17-53(61)43-25-36-23-37(26-41-44(36)51(53,47(38)64-41)19-21-56(43)28-30-3-4-30)63-49(59)33-9-5-31(6-10-33)32-7-11-34(12-8-32)50(60)65-40-14-13-35-24-42-54(62)18-16-39(58)48-52(54,45(35)46(40)66-48)20-22-55(42)27-29-1-2-29/h5-14,23,26,29-30,42-43,47-48,61-62H,1-4,15-22,24-25,27-28H2/t42-,43-,47+,48+,51+,52+,53-,54-/m1/s1. The number of esters is 2. The van der Waals surface area contributed by atoms with Gasteiger partial charge in [-0.2, -0.15) is 0 Å². The molecule has 0 radical (unpaired) electrons. The average molecular weight is 889 g/mol. The molecule has 6 fully saturated rings. The first-order valence-corrected chi connectivity index (χ1v) is 24.3. The lowest BCUT2D eigenvalue weighted by Crippen LogP contribution is -2.76. The number of hydrogen-bond donors (Lipinski definition) is 2. The van der Waals surface area contributed by atoms with Crippen LogP contribution in [0.1, 0.15) is 107 Å². The summed E-state index contributed by atoms with van der Waals surface area (Å²) in [7, 11) is 0. The van der Waals surface area contributed by atoms with Crippen LogP contribution in [0.5, 0.6) is 23.0 Å². The van der Waals surface area contributed by atoms with Crippen LogP contribution in [0.25, 0.3) is 11.1 Å². The summed E-state index contributed by atoms with van der Waals surface area (Å²) in [6.07, 6.45) is 7.30. The Hall–Kier alpha value is -5.40. The first-order chi connectivity index (χ1) is 32.0. The predicted octanol–water partition coefficient (Wildman–Crippen LogP) is 6.06. The Morgan fingerprint density at radius 1 is 0.621 bits per heavy atom. The first kappa shape index (κ1) is 39.7. The normalized spacial score (nSPS) is 34.2. The highest BCUT2D eigenvalue weighted by molar-refractivity contribution is 5.95. The third-order valence-electron chi connectivity index (χ3n) is 18.0. The summed E-state index contributed by atoms with van der Waals surface area (Å²) >= 11 is 0. The number of likely N-dealkylation sites (tertiary alicyclic amines) is 2. The number of rotatable bonds is 9. The van der Waals surface area contributed by atoms with Crippen molar-refractivity contribution < 1.29 is 48.3 Å². The van der Waals surface area contributed by atoms with E-state index in [0.29, 0.717) is 85.2 Å². The predicted molar refractivity (Wildman–Crippen MR) is 238 cm³/mol. The van der Waals surface area contributed by atoms with Gasteiger partial charge in [0.05, 0.1) is 33.2 Å². The molecule has 12 heteroatoms. The van der Waals surface area contributed by atoms with Crippen LogP contribution in [0.15, 0.2) is 72.8 Å². The molecule has 0 amide bonds. The summed E-state index contributed by atoms with van der Waals surface area (Å²) in [5, 5.41) is 25.1. The second-order valence-corrected chi connectivity index (χ2v) is 21.4. The van der Waals surface area contributed by atoms with Gasteiger partial charge in [-0.3, -0.25) is 19.4 Å². The fourth-order valence-electron chi connectivity index (χ4n) is 14.6.